The van der Waals surface area contributed by atoms with E-state index in [-0.39, 0.29) is 17.9 Å². The minimum absolute atomic E-state index is 0.104. The summed E-state index contributed by atoms with van der Waals surface area (Å²) in [5.41, 5.74) is 6.63. The van der Waals surface area contributed by atoms with Crippen molar-refractivity contribution in [2.45, 2.75) is 26.0 Å². The molecule has 110 valence electrons. The monoisotopic (exact) mass is 281 g/mol. The SMILES string of the molecule is CC1CN(Cc2cc(F)cc(/C(N)=N/O)c2)CCC1O. The lowest BCUT2D eigenvalue weighted by molar-refractivity contribution is 0.0320. The van der Waals surface area contributed by atoms with Crippen LogP contribution in [0.1, 0.15) is 24.5 Å². The van der Waals surface area contributed by atoms with E-state index in [1.54, 1.807) is 6.07 Å². The van der Waals surface area contributed by atoms with Gasteiger partial charge in [0, 0.05) is 25.2 Å². The summed E-state index contributed by atoms with van der Waals surface area (Å²) in [6.45, 7) is 4.14. The van der Waals surface area contributed by atoms with Crippen LogP contribution in [0.15, 0.2) is 23.4 Å². The molecule has 0 aromatic heterocycles. The maximum absolute atomic E-state index is 13.6. The molecule has 1 fully saturated rings. The van der Waals surface area contributed by atoms with Crippen LogP contribution in [-0.4, -0.2) is 40.2 Å². The average molecular weight is 281 g/mol. The lowest BCUT2D eigenvalue weighted by Gasteiger charge is -2.34. The first-order valence-electron chi connectivity index (χ1n) is 6.67. The Bertz CT molecular complexity index is 507. The number of halogens is 1. The number of nitrogens with zero attached hydrogens (tertiary/aromatic N) is 2. The van der Waals surface area contributed by atoms with Gasteiger partial charge in [-0.25, -0.2) is 4.39 Å². The molecule has 2 rings (SSSR count). The number of aliphatic hydroxyl groups excluding tert-OH is 1. The third-order valence-electron chi connectivity index (χ3n) is 3.71. The van der Waals surface area contributed by atoms with Gasteiger partial charge in [0.25, 0.3) is 0 Å². The van der Waals surface area contributed by atoms with E-state index in [9.17, 15) is 9.50 Å². The lowest BCUT2D eigenvalue weighted by atomic mass is 9.96. The largest absolute Gasteiger partial charge is 0.409 e. The van der Waals surface area contributed by atoms with Gasteiger partial charge in [0.1, 0.15) is 5.82 Å². The molecule has 1 aromatic carbocycles. The van der Waals surface area contributed by atoms with Gasteiger partial charge in [0.15, 0.2) is 5.84 Å². The van der Waals surface area contributed by atoms with Crippen molar-refractivity contribution in [1.82, 2.24) is 4.90 Å². The Morgan fingerprint density at radius 2 is 2.25 bits per heavy atom. The molecule has 1 heterocycles. The van der Waals surface area contributed by atoms with Gasteiger partial charge in [0.05, 0.1) is 6.10 Å². The number of piperidine rings is 1. The maximum Gasteiger partial charge on any atom is 0.170 e. The Labute approximate surface area is 117 Å². The van der Waals surface area contributed by atoms with Gasteiger partial charge < -0.3 is 16.0 Å². The normalized spacial score (nSPS) is 24.9. The summed E-state index contributed by atoms with van der Waals surface area (Å²) in [5.74, 6) is -0.303. The molecule has 4 N–H and O–H groups in total. The van der Waals surface area contributed by atoms with E-state index in [1.165, 1.54) is 12.1 Å². The molecule has 1 aliphatic rings. The minimum Gasteiger partial charge on any atom is -0.409 e. The Morgan fingerprint density at radius 3 is 2.90 bits per heavy atom. The molecule has 6 heteroatoms. The van der Waals surface area contributed by atoms with Crippen molar-refractivity contribution in [3.63, 3.8) is 0 Å². The van der Waals surface area contributed by atoms with Crippen LogP contribution in [0.4, 0.5) is 4.39 Å². The van der Waals surface area contributed by atoms with Crippen molar-refractivity contribution < 1.29 is 14.7 Å². The Balaban J connectivity index is 2.11. The van der Waals surface area contributed by atoms with E-state index in [0.717, 1.165) is 25.1 Å². The van der Waals surface area contributed by atoms with Crippen LogP contribution in [0.2, 0.25) is 0 Å². The van der Waals surface area contributed by atoms with E-state index in [1.807, 2.05) is 6.92 Å². The molecule has 1 aromatic rings. The number of nitrogens with two attached hydrogens (primary N) is 1. The zero-order valence-electron chi connectivity index (χ0n) is 11.5. The quantitative estimate of drug-likeness (QED) is 0.336. The van der Waals surface area contributed by atoms with Gasteiger partial charge in [-0.2, -0.15) is 0 Å². The molecule has 0 amide bonds. The average Bonchev–Trinajstić information content (AvgIpc) is 2.41. The fourth-order valence-electron chi connectivity index (χ4n) is 2.57. The third-order valence-corrected chi connectivity index (χ3v) is 3.71. The number of benzene rings is 1. The van der Waals surface area contributed by atoms with Crippen molar-refractivity contribution in [2.75, 3.05) is 13.1 Å². The second-order valence-corrected chi connectivity index (χ2v) is 5.40. The summed E-state index contributed by atoms with van der Waals surface area (Å²) in [5, 5.41) is 21.3. The number of likely N-dealkylation sites (tertiary alicyclic amines) is 1. The number of aliphatic hydroxyl groups is 1. The number of amidine groups is 1. The van der Waals surface area contributed by atoms with Crippen LogP contribution in [-0.2, 0) is 6.54 Å². The van der Waals surface area contributed by atoms with Gasteiger partial charge in [-0.3, -0.25) is 4.90 Å². The predicted molar refractivity (Wildman–Crippen MR) is 74.0 cm³/mol. The van der Waals surface area contributed by atoms with E-state index in [4.69, 9.17) is 10.9 Å². The number of rotatable bonds is 3. The summed E-state index contributed by atoms with van der Waals surface area (Å²) in [7, 11) is 0. The molecule has 1 aliphatic heterocycles. The Hall–Kier alpha value is -1.66. The highest BCUT2D eigenvalue weighted by molar-refractivity contribution is 5.97. The standard InChI is InChI=1S/C14H20FN3O2/c1-9-7-18(3-2-13(9)19)8-10-4-11(14(16)17-20)6-12(15)5-10/h4-6,9,13,19-20H,2-3,7-8H2,1H3,(H2,16,17). The second-order valence-electron chi connectivity index (χ2n) is 5.40. The molecule has 5 nitrogen and oxygen atoms in total. The molecular formula is C14H20FN3O2. The maximum atomic E-state index is 13.6. The fourth-order valence-corrected chi connectivity index (χ4v) is 2.57. The van der Waals surface area contributed by atoms with E-state index in [0.29, 0.717) is 12.1 Å². The summed E-state index contributed by atoms with van der Waals surface area (Å²) in [6.07, 6.45) is 0.468. The number of hydrogen-bond donors (Lipinski definition) is 3. The van der Waals surface area contributed by atoms with Crippen LogP contribution in [0.25, 0.3) is 0 Å². The fraction of sp³-hybridized carbons (Fsp3) is 0.500. The van der Waals surface area contributed by atoms with Crippen LogP contribution < -0.4 is 5.73 Å². The summed E-state index contributed by atoms with van der Waals surface area (Å²) >= 11 is 0. The van der Waals surface area contributed by atoms with Crippen molar-refractivity contribution in [3.05, 3.63) is 35.1 Å². The summed E-state index contributed by atoms with van der Waals surface area (Å²) in [6, 6.07) is 4.40. The molecule has 2 unspecified atom stereocenters. The molecule has 20 heavy (non-hydrogen) atoms. The highest BCUT2D eigenvalue weighted by Crippen LogP contribution is 2.19. The zero-order valence-corrected chi connectivity index (χ0v) is 11.5. The van der Waals surface area contributed by atoms with Crippen LogP contribution in [0, 0.1) is 11.7 Å². The topological polar surface area (TPSA) is 82.1 Å². The second kappa shape index (κ2) is 6.19. The Kier molecular flexibility index (Phi) is 4.57. The van der Waals surface area contributed by atoms with Gasteiger partial charge in [-0.05, 0) is 36.1 Å². The van der Waals surface area contributed by atoms with Crippen molar-refractivity contribution in [2.24, 2.45) is 16.8 Å². The predicted octanol–water partition coefficient (Wildman–Crippen LogP) is 1.12. The lowest BCUT2D eigenvalue weighted by Crippen LogP contribution is -2.41. The first-order chi connectivity index (χ1) is 9.49. The third kappa shape index (κ3) is 3.46. The summed E-state index contributed by atoms with van der Waals surface area (Å²) in [4.78, 5) is 2.17. The van der Waals surface area contributed by atoms with E-state index >= 15 is 0 Å². The number of hydrogen-bond acceptors (Lipinski definition) is 4. The molecule has 0 bridgehead atoms. The van der Waals surface area contributed by atoms with Crippen LogP contribution in [0.3, 0.4) is 0 Å². The highest BCUT2D eigenvalue weighted by atomic mass is 19.1. The minimum atomic E-state index is -0.408. The van der Waals surface area contributed by atoms with E-state index in [2.05, 4.69) is 10.1 Å². The Morgan fingerprint density at radius 1 is 1.50 bits per heavy atom. The van der Waals surface area contributed by atoms with E-state index < -0.39 is 5.82 Å². The highest BCUT2D eigenvalue weighted by Gasteiger charge is 2.24. The molecule has 0 radical (unpaired) electrons. The molecule has 0 saturated carbocycles. The first kappa shape index (κ1) is 14.7. The summed E-state index contributed by atoms with van der Waals surface area (Å²) < 4.78 is 13.6. The van der Waals surface area contributed by atoms with Gasteiger partial charge >= 0.3 is 0 Å². The van der Waals surface area contributed by atoms with Gasteiger partial charge in [-0.1, -0.05) is 12.1 Å². The molecule has 2 atom stereocenters. The van der Waals surface area contributed by atoms with Gasteiger partial charge in [-0.15, -0.1) is 0 Å². The van der Waals surface area contributed by atoms with Crippen LogP contribution >= 0.6 is 0 Å². The van der Waals surface area contributed by atoms with Crippen LogP contribution in [0.5, 0.6) is 0 Å². The van der Waals surface area contributed by atoms with Crippen molar-refractivity contribution in [1.29, 1.82) is 0 Å². The molecule has 0 aliphatic carbocycles. The molecular weight excluding hydrogens is 261 g/mol. The van der Waals surface area contributed by atoms with Crippen molar-refractivity contribution in [3.8, 4) is 0 Å². The molecule has 1 saturated heterocycles. The first-order valence-corrected chi connectivity index (χ1v) is 6.67. The smallest absolute Gasteiger partial charge is 0.170 e. The zero-order chi connectivity index (χ0) is 14.7. The van der Waals surface area contributed by atoms with Crippen molar-refractivity contribution >= 4 is 5.84 Å². The number of oxime groups is 1. The van der Waals surface area contributed by atoms with Gasteiger partial charge in [0.2, 0.25) is 0 Å². The molecule has 0 spiro atoms.